The molecule has 33 heavy (non-hydrogen) atoms. The van der Waals surface area contributed by atoms with E-state index in [1.165, 1.54) is 70.3 Å². The topological polar surface area (TPSA) is 74.0 Å². The molecule has 182 valence electrons. The summed E-state index contributed by atoms with van der Waals surface area (Å²) in [5.41, 5.74) is 2.04. The zero-order valence-corrected chi connectivity index (χ0v) is 20.5. The number of benzene rings is 1. The van der Waals surface area contributed by atoms with Gasteiger partial charge in [0.2, 0.25) is 11.8 Å². The maximum Gasteiger partial charge on any atom is 0.244 e. The smallest absolute Gasteiger partial charge is 0.244 e. The molecule has 0 radical (unpaired) electrons. The Morgan fingerprint density at radius 3 is 2.18 bits per heavy atom. The van der Waals surface area contributed by atoms with Gasteiger partial charge in [0, 0.05) is 30.1 Å². The minimum absolute atomic E-state index is 0.140. The van der Waals surface area contributed by atoms with Crippen LogP contribution in [0.2, 0.25) is 0 Å². The molecule has 3 N–H and O–H groups in total. The molecule has 0 aliphatic rings. The second-order valence-electron chi connectivity index (χ2n) is 9.01. The number of hydrogen-bond acceptors (Lipinski definition) is 2. The van der Waals surface area contributed by atoms with Gasteiger partial charge in [-0.05, 0) is 24.1 Å². The normalized spacial score (nSPS) is 11.9. The van der Waals surface area contributed by atoms with Gasteiger partial charge in [-0.2, -0.15) is 0 Å². The molecule has 1 aromatic heterocycles. The predicted octanol–water partition coefficient (Wildman–Crippen LogP) is 6.20. The van der Waals surface area contributed by atoms with Gasteiger partial charge in [-0.1, -0.05) is 102 Å². The highest BCUT2D eigenvalue weighted by Gasteiger charge is 2.21. The summed E-state index contributed by atoms with van der Waals surface area (Å²) < 4.78 is 0. The van der Waals surface area contributed by atoms with Crippen LogP contribution in [0.3, 0.4) is 0 Å². The number of unbranched alkanes of at least 4 members (excludes halogenated alkanes) is 11. The Morgan fingerprint density at radius 1 is 0.939 bits per heavy atom. The number of hydrogen-bond donors (Lipinski definition) is 3. The maximum atomic E-state index is 12.8. The molecular weight excluding hydrogens is 410 g/mol. The number of para-hydroxylation sites is 1. The van der Waals surface area contributed by atoms with Crippen LogP contribution in [0.25, 0.3) is 10.9 Å². The number of fused-ring (bicyclic) bond motifs is 1. The third-order valence-electron chi connectivity index (χ3n) is 6.25. The number of aromatic amines is 1. The van der Waals surface area contributed by atoms with Crippen LogP contribution in [-0.2, 0) is 16.0 Å². The van der Waals surface area contributed by atoms with Crippen LogP contribution in [0, 0.1) is 0 Å². The molecule has 0 spiro atoms. The SMILES string of the molecule is C=CC(=O)N[C@@H](Cc1c[nH]c2ccccc12)C(=O)NCCCCCCCCCCCCCC. The van der Waals surface area contributed by atoms with Crippen molar-refractivity contribution in [2.45, 2.75) is 96.4 Å². The van der Waals surface area contributed by atoms with E-state index in [0.717, 1.165) is 29.3 Å². The minimum Gasteiger partial charge on any atom is -0.361 e. The summed E-state index contributed by atoms with van der Waals surface area (Å²) in [5, 5.41) is 6.87. The number of nitrogens with one attached hydrogen (secondary N) is 3. The molecule has 0 saturated carbocycles. The average Bonchev–Trinajstić information content (AvgIpc) is 3.24. The molecule has 2 aromatic rings. The van der Waals surface area contributed by atoms with Gasteiger partial charge in [0.05, 0.1) is 0 Å². The van der Waals surface area contributed by atoms with Gasteiger partial charge in [-0.15, -0.1) is 0 Å². The molecule has 1 heterocycles. The number of carbonyl (C=O) groups is 2. The van der Waals surface area contributed by atoms with Crippen LogP contribution in [0.1, 0.15) is 89.5 Å². The van der Waals surface area contributed by atoms with Gasteiger partial charge in [0.1, 0.15) is 6.04 Å². The quantitative estimate of drug-likeness (QED) is 0.186. The molecule has 0 aliphatic carbocycles. The highest BCUT2D eigenvalue weighted by molar-refractivity contribution is 5.93. The first kappa shape index (κ1) is 26.7. The highest BCUT2D eigenvalue weighted by Crippen LogP contribution is 2.19. The van der Waals surface area contributed by atoms with Gasteiger partial charge in [0.15, 0.2) is 0 Å². The third kappa shape index (κ3) is 10.3. The molecule has 5 heteroatoms. The summed E-state index contributed by atoms with van der Waals surface area (Å²) in [6, 6.07) is 7.36. The van der Waals surface area contributed by atoms with E-state index in [1.807, 2.05) is 30.5 Å². The van der Waals surface area contributed by atoms with Crippen LogP contribution in [0.5, 0.6) is 0 Å². The van der Waals surface area contributed by atoms with E-state index in [2.05, 4.69) is 29.1 Å². The Labute approximate surface area is 199 Å². The van der Waals surface area contributed by atoms with Crippen molar-refractivity contribution in [1.29, 1.82) is 0 Å². The molecule has 1 aromatic carbocycles. The van der Waals surface area contributed by atoms with Crippen LogP contribution in [-0.4, -0.2) is 29.4 Å². The standard InChI is InChI=1S/C28H43N3O2/c1-3-5-6-7-8-9-10-11-12-13-14-17-20-29-28(33)26(31-27(32)4-2)21-23-22-30-25-19-16-15-18-24(23)25/h4,15-16,18-19,22,26,30H,2-3,5-14,17,20-21H2,1H3,(H,29,33)(H,31,32)/t26-/m0/s1. The summed E-state index contributed by atoms with van der Waals surface area (Å²) in [6.07, 6.45) is 19.1. The van der Waals surface area contributed by atoms with E-state index in [9.17, 15) is 9.59 Å². The molecule has 2 rings (SSSR count). The first-order chi connectivity index (χ1) is 16.2. The number of H-pyrrole nitrogens is 1. The third-order valence-corrected chi connectivity index (χ3v) is 6.25. The van der Waals surface area contributed by atoms with Crippen molar-refractivity contribution in [1.82, 2.24) is 15.6 Å². The fourth-order valence-electron chi connectivity index (χ4n) is 4.26. The Kier molecular flexibility index (Phi) is 13.0. The van der Waals surface area contributed by atoms with Crippen LogP contribution in [0.15, 0.2) is 43.1 Å². The first-order valence-electron chi connectivity index (χ1n) is 12.9. The van der Waals surface area contributed by atoms with E-state index in [-0.39, 0.29) is 11.8 Å². The Bertz CT molecular complexity index is 843. The van der Waals surface area contributed by atoms with Gasteiger partial charge in [-0.25, -0.2) is 0 Å². The average molecular weight is 454 g/mol. The Morgan fingerprint density at radius 2 is 1.55 bits per heavy atom. The summed E-state index contributed by atoms with van der Waals surface area (Å²) >= 11 is 0. The Hall–Kier alpha value is -2.56. The zero-order valence-electron chi connectivity index (χ0n) is 20.5. The van der Waals surface area contributed by atoms with Gasteiger partial charge >= 0.3 is 0 Å². The van der Waals surface area contributed by atoms with Gasteiger partial charge < -0.3 is 15.6 Å². The van der Waals surface area contributed by atoms with Crippen LogP contribution < -0.4 is 10.6 Å². The van der Waals surface area contributed by atoms with Crippen molar-refractivity contribution in [3.05, 3.63) is 48.7 Å². The summed E-state index contributed by atoms with van der Waals surface area (Å²) in [7, 11) is 0. The predicted molar refractivity (Wildman–Crippen MR) is 138 cm³/mol. The van der Waals surface area contributed by atoms with Crippen molar-refractivity contribution in [3.63, 3.8) is 0 Å². The monoisotopic (exact) mass is 453 g/mol. The minimum atomic E-state index is -0.618. The van der Waals surface area contributed by atoms with Crippen molar-refractivity contribution < 1.29 is 9.59 Å². The number of amides is 2. The van der Waals surface area contributed by atoms with E-state index >= 15 is 0 Å². The summed E-state index contributed by atoms with van der Waals surface area (Å²) in [6.45, 7) is 6.41. The van der Waals surface area contributed by atoms with E-state index in [0.29, 0.717) is 13.0 Å². The van der Waals surface area contributed by atoms with Gasteiger partial charge in [-0.3, -0.25) is 9.59 Å². The molecule has 5 nitrogen and oxygen atoms in total. The largest absolute Gasteiger partial charge is 0.361 e. The Balaban J connectivity index is 1.64. The molecule has 0 saturated heterocycles. The van der Waals surface area contributed by atoms with E-state index < -0.39 is 6.04 Å². The van der Waals surface area contributed by atoms with E-state index in [4.69, 9.17) is 0 Å². The molecule has 0 fully saturated rings. The fraction of sp³-hybridized carbons (Fsp3) is 0.571. The summed E-state index contributed by atoms with van der Waals surface area (Å²) in [4.78, 5) is 27.9. The fourth-order valence-corrected chi connectivity index (χ4v) is 4.26. The molecule has 1 atom stereocenters. The van der Waals surface area contributed by atoms with Crippen LogP contribution in [0.4, 0.5) is 0 Å². The molecule has 0 unspecified atom stereocenters. The summed E-state index contributed by atoms with van der Waals surface area (Å²) in [5.74, 6) is -0.473. The lowest BCUT2D eigenvalue weighted by Gasteiger charge is -2.17. The second-order valence-corrected chi connectivity index (χ2v) is 9.01. The lowest BCUT2D eigenvalue weighted by Crippen LogP contribution is -2.47. The molecule has 0 aliphatic heterocycles. The number of carbonyl (C=O) groups excluding carboxylic acids is 2. The molecule has 0 bridgehead atoms. The zero-order chi connectivity index (χ0) is 23.7. The maximum absolute atomic E-state index is 12.8. The molecular formula is C28H43N3O2. The lowest BCUT2D eigenvalue weighted by atomic mass is 10.0. The van der Waals surface area contributed by atoms with Crippen molar-refractivity contribution in [2.24, 2.45) is 0 Å². The first-order valence-corrected chi connectivity index (χ1v) is 12.9. The van der Waals surface area contributed by atoms with Crippen LogP contribution >= 0.6 is 0 Å². The highest BCUT2D eigenvalue weighted by atomic mass is 16.2. The second kappa shape index (κ2) is 16.1. The van der Waals surface area contributed by atoms with E-state index in [1.54, 1.807) is 0 Å². The van der Waals surface area contributed by atoms with Crippen molar-refractivity contribution in [3.8, 4) is 0 Å². The number of rotatable bonds is 18. The number of aromatic nitrogens is 1. The van der Waals surface area contributed by atoms with Gasteiger partial charge in [0.25, 0.3) is 0 Å². The van der Waals surface area contributed by atoms with Crippen molar-refractivity contribution >= 4 is 22.7 Å². The van der Waals surface area contributed by atoms with Crippen molar-refractivity contribution in [2.75, 3.05) is 6.54 Å². The molecule has 2 amide bonds. The lowest BCUT2D eigenvalue weighted by molar-refractivity contribution is -0.127.